The van der Waals surface area contributed by atoms with Crippen LogP contribution in [0, 0.1) is 0 Å². The molecule has 0 heterocycles. The lowest BCUT2D eigenvalue weighted by Crippen LogP contribution is -2.32. The molecule has 0 amide bonds. The van der Waals surface area contributed by atoms with Crippen LogP contribution in [0.4, 0.5) is 0 Å². The third kappa shape index (κ3) is 3.38. The molecule has 0 spiro atoms. The molecule has 2 aromatic rings. The molecule has 0 fully saturated rings. The van der Waals surface area contributed by atoms with Gasteiger partial charge in [-0.05, 0) is 29.7 Å². The maximum Gasteiger partial charge on any atom is 0.320 e. The number of hydrogen-bond donors (Lipinski definition) is 2. The summed E-state index contributed by atoms with van der Waals surface area (Å²) in [4.78, 5) is 10.9. The number of carboxylic acid groups (broad SMARTS) is 1. The molecular weight excluding hydrogens is 282 g/mol. The molecule has 0 saturated heterocycles. The predicted octanol–water partition coefficient (Wildman–Crippen LogP) is 2.33. The van der Waals surface area contributed by atoms with E-state index < -0.39 is 12.0 Å². The minimum absolute atomic E-state index is 0.265. The summed E-state index contributed by atoms with van der Waals surface area (Å²) in [6.45, 7) is 0. The van der Waals surface area contributed by atoms with Crippen molar-refractivity contribution in [3.8, 4) is 22.6 Å². The van der Waals surface area contributed by atoms with Crippen LogP contribution in [0.2, 0.25) is 0 Å². The zero-order chi connectivity index (χ0) is 16.1. The Morgan fingerprint density at radius 2 is 1.73 bits per heavy atom. The van der Waals surface area contributed by atoms with Gasteiger partial charge in [0.1, 0.15) is 17.5 Å². The lowest BCUT2D eigenvalue weighted by molar-refractivity contribution is -0.138. The molecule has 0 aliphatic carbocycles. The van der Waals surface area contributed by atoms with Crippen LogP contribution in [0.15, 0.2) is 42.5 Å². The molecule has 0 radical (unpaired) electrons. The van der Waals surface area contributed by atoms with E-state index in [1.54, 1.807) is 14.2 Å². The molecule has 116 valence electrons. The number of nitrogens with two attached hydrogens (primary N) is 1. The number of rotatable bonds is 6. The van der Waals surface area contributed by atoms with Gasteiger partial charge < -0.3 is 20.3 Å². The van der Waals surface area contributed by atoms with Gasteiger partial charge in [0.25, 0.3) is 0 Å². The van der Waals surface area contributed by atoms with Crippen LogP contribution in [0.5, 0.6) is 11.5 Å². The van der Waals surface area contributed by atoms with Crippen LogP contribution in [0.1, 0.15) is 5.56 Å². The van der Waals surface area contributed by atoms with Gasteiger partial charge >= 0.3 is 5.97 Å². The number of carbonyl (C=O) groups is 1. The summed E-state index contributed by atoms with van der Waals surface area (Å²) in [5, 5.41) is 8.93. The Kier molecular flexibility index (Phi) is 5.01. The zero-order valence-corrected chi connectivity index (χ0v) is 12.6. The van der Waals surface area contributed by atoms with Crippen LogP contribution in [-0.4, -0.2) is 31.3 Å². The molecule has 3 N–H and O–H groups in total. The van der Waals surface area contributed by atoms with Crippen LogP contribution in [-0.2, 0) is 11.2 Å². The van der Waals surface area contributed by atoms with Gasteiger partial charge in [0, 0.05) is 0 Å². The highest BCUT2D eigenvalue weighted by Crippen LogP contribution is 2.38. The number of benzene rings is 2. The molecule has 22 heavy (non-hydrogen) atoms. The first-order valence-electron chi connectivity index (χ1n) is 6.85. The maximum atomic E-state index is 10.9. The summed E-state index contributed by atoms with van der Waals surface area (Å²) in [6.07, 6.45) is 0.265. The average molecular weight is 301 g/mol. The van der Waals surface area contributed by atoms with Crippen molar-refractivity contribution >= 4 is 5.97 Å². The van der Waals surface area contributed by atoms with Crippen molar-refractivity contribution in [2.24, 2.45) is 5.73 Å². The number of ether oxygens (including phenoxy) is 2. The molecule has 5 heteroatoms. The third-order valence-corrected chi connectivity index (χ3v) is 3.42. The van der Waals surface area contributed by atoms with Crippen LogP contribution in [0.25, 0.3) is 11.1 Å². The van der Waals surface area contributed by atoms with Gasteiger partial charge in [-0.25, -0.2) is 0 Å². The minimum atomic E-state index is -1.01. The minimum Gasteiger partial charge on any atom is -0.496 e. The van der Waals surface area contributed by atoms with Gasteiger partial charge in [-0.15, -0.1) is 0 Å². The van der Waals surface area contributed by atoms with Crippen molar-refractivity contribution < 1.29 is 19.4 Å². The molecule has 0 aliphatic rings. The lowest BCUT2D eigenvalue weighted by Gasteiger charge is -2.14. The summed E-state index contributed by atoms with van der Waals surface area (Å²) in [7, 11) is 3.20. The molecule has 0 aliphatic heterocycles. The van der Waals surface area contributed by atoms with E-state index in [1.165, 1.54) is 0 Å². The molecule has 0 unspecified atom stereocenters. The second-order valence-corrected chi connectivity index (χ2v) is 4.89. The van der Waals surface area contributed by atoms with E-state index in [-0.39, 0.29) is 6.42 Å². The molecule has 0 aromatic heterocycles. The fourth-order valence-corrected chi connectivity index (χ4v) is 2.33. The first-order valence-corrected chi connectivity index (χ1v) is 6.85. The van der Waals surface area contributed by atoms with Gasteiger partial charge in [-0.3, -0.25) is 4.79 Å². The average Bonchev–Trinajstić information content (AvgIpc) is 2.54. The van der Waals surface area contributed by atoms with Crippen molar-refractivity contribution in [2.75, 3.05) is 14.2 Å². The molecule has 5 nitrogen and oxygen atoms in total. The monoisotopic (exact) mass is 301 g/mol. The summed E-state index contributed by atoms with van der Waals surface area (Å²) in [5.41, 5.74) is 8.17. The van der Waals surface area contributed by atoms with E-state index in [0.717, 1.165) is 16.7 Å². The Labute approximate surface area is 129 Å². The Balaban J connectivity index is 2.44. The summed E-state index contributed by atoms with van der Waals surface area (Å²) in [5.74, 6) is 0.373. The largest absolute Gasteiger partial charge is 0.496 e. The topological polar surface area (TPSA) is 81.8 Å². The Bertz CT molecular complexity index is 647. The van der Waals surface area contributed by atoms with Crippen molar-refractivity contribution in [1.29, 1.82) is 0 Å². The zero-order valence-electron chi connectivity index (χ0n) is 12.6. The van der Waals surface area contributed by atoms with E-state index in [2.05, 4.69) is 0 Å². The van der Waals surface area contributed by atoms with Crippen molar-refractivity contribution in [3.63, 3.8) is 0 Å². The first kappa shape index (κ1) is 15.9. The fourth-order valence-electron chi connectivity index (χ4n) is 2.33. The van der Waals surface area contributed by atoms with E-state index in [1.807, 2.05) is 42.5 Å². The van der Waals surface area contributed by atoms with Crippen molar-refractivity contribution in [3.05, 3.63) is 48.0 Å². The van der Waals surface area contributed by atoms with Crippen molar-refractivity contribution in [1.82, 2.24) is 0 Å². The Morgan fingerprint density at radius 3 is 2.27 bits per heavy atom. The summed E-state index contributed by atoms with van der Waals surface area (Å²) < 4.78 is 10.8. The fraction of sp³-hybridized carbons (Fsp3) is 0.235. The molecular formula is C17H19NO4. The molecule has 0 bridgehead atoms. The third-order valence-electron chi connectivity index (χ3n) is 3.42. The number of methoxy groups -OCH3 is 2. The molecule has 0 saturated carbocycles. The second kappa shape index (κ2) is 6.95. The van der Waals surface area contributed by atoms with Gasteiger partial charge in [-0.2, -0.15) is 0 Å². The van der Waals surface area contributed by atoms with Gasteiger partial charge in [-0.1, -0.05) is 30.3 Å². The maximum absolute atomic E-state index is 10.9. The smallest absolute Gasteiger partial charge is 0.320 e. The molecule has 1 atom stereocenters. The highest BCUT2D eigenvalue weighted by atomic mass is 16.5. The highest BCUT2D eigenvalue weighted by Gasteiger charge is 2.15. The van der Waals surface area contributed by atoms with Gasteiger partial charge in [0.2, 0.25) is 0 Å². The van der Waals surface area contributed by atoms with Gasteiger partial charge in [0.15, 0.2) is 0 Å². The normalized spacial score (nSPS) is 11.8. The van der Waals surface area contributed by atoms with Gasteiger partial charge in [0.05, 0.1) is 19.8 Å². The van der Waals surface area contributed by atoms with E-state index >= 15 is 0 Å². The van der Waals surface area contributed by atoms with Crippen LogP contribution in [0.3, 0.4) is 0 Å². The molecule has 2 rings (SSSR count). The van der Waals surface area contributed by atoms with Crippen LogP contribution < -0.4 is 15.2 Å². The quantitative estimate of drug-likeness (QED) is 0.855. The van der Waals surface area contributed by atoms with Crippen molar-refractivity contribution in [2.45, 2.75) is 12.5 Å². The van der Waals surface area contributed by atoms with Crippen LogP contribution >= 0.6 is 0 Å². The Hall–Kier alpha value is -2.53. The predicted molar refractivity (Wildman–Crippen MR) is 84.3 cm³/mol. The number of aliphatic carboxylic acids is 1. The molecule has 2 aromatic carbocycles. The summed E-state index contributed by atoms with van der Waals surface area (Å²) >= 11 is 0. The Morgan fingerprint density at radius 1 is 1.14 bits per heavy atom. The lowest BCUT2D eigenvalue weighted by atomic mass is 9.98. The number of hydrogen-bond acceptors (Lipinski definition) is 4. The van der Waals surface area contributed by atoms with E-state index in [4.69, 9.17) is 20.3 Å². The SMILES string of the molecule is COc1cccc(OC)c1-c1cccc(C[C@@H](N)C(=O)O)c1. The van der Waals surface area contributed by atoms with E-state index in [9.17, 15) is 4.79 Å². The first-order chi connectivity index (χ1) is 10.6. The second-order valence-electron chi connectivity index (χ2n) is 4.89. The van der Waals surface area contributed by atoms with E-state index in [0.29, 0.717) is 11.5 Å². The highest BCUT2D eigenvalue weighted by molar-refractivity contribution is 5.78. The standard InChI is InChI=1S/C17H19NO4/c1-21-14-7-4-8-15(22-2)16(14)12-6-3-5-11(9-12)10-13(18)17(19)20/h3-9,13H,10,18H2,1-2H3,(H,19,20)/t13-/m1/s1. The number of carboxylic acids is 1. The summed E-state index contributed by atoms with van der Waals surface area (Å²) in [6, 6.07) is 12.2.